The van der Waals surface area contributed by atoms with E-state index in [4.69, 9.17) is 5.11 Å². The fourth-order valence-corrected chi connectivity index (χ4v) is 1.02. The van der Waals surface area contributed by atoms with Crippen LogP contribution in [0.5, 0.6) is 0 Å². The third kappa shape index (κ3) is 2.77. The highest BCUT2D eigenvalue weighted by Gasteiger charge is 2.34. The minimum atomic E-state index is -3.04. The second-order valence-corrected chi connectivity index (χ2v) is 3.10. The van der Waals surface area contributed by atoms with Crippen LogP contribution in [0.2, 0.25) is 0 Å². The molecule has 0 aliphatic heterocycles. The lowest BCUT2D eigenvalue weighted by atomic mass is 10.0. The summed E-state index contributed by atoms with van der Waals surface area (Å²) in [6.45, 7) is 1.10. The summed E-state index contributed by atoms with van der Waals surface area (Å²) in [7, 11) is 0. The van der Waals surface area contributed by atoms with E-state index in [1.807, 2.05) is 0 Å². The Balaban J connectivity index is 2.69. The molecule has 72 valence electrons. The molecule has 0 aliphatic rings. The van der Waals surface area contributed by atoms with E-state index in [9.17, 15) is 8.78 Å². The molecule has 0 amide bonds. The van der Waals surface area contributed by atoms with Crippen molar-refractivity contribution in [3.63, 3.8) is 0 Å². The first kappa shape index (κ1) is 10.1. The number of rotatable bonds is 3. The maximum absolute atomic E-state index is 13.0. The van der Waals surface area contributed by atoms with Gasteiger partial charge in [0, 0.05) is 6.42 Å². The quantitative estimate of drug-likeness (QED) is 0.767. The van der Waals surface area contributed by atoms with Crippen molar-refractivity contribution in [2.24, 2.45) is 0 Å². The summed E-state index contributed by atoms with van der Waals surface area (Å²) in [6, 6.07) is 8.41. The summed E-state index contributed by atoms with van der Waals surface area (Å²) < 4.78 is 26.0. The maximum atomic E-state index is 13.0. The van der Waals surface area contributed by atoms with Crippen LogP contribution in [0.25, 0.3) is 0 Å². The van der Waals surface area contributed by atoms with Crippen LogP contribution in [0.1, 0.15) is 12.5 Å². The van der Waals surface area contributed by atoms with Gasteiger partial charge >= 0.3 is 0 Å². The van der Waals surface area contributed by atoms with E-state index in [1.165, 1.54) is 0 Å². The summed E-state index contributed by atoms with van der Waals surface area (Å²) in [5.41, 5.74) is 0.536. The van der Waals surface area contributed by atoms with Crippen LogP contribution >= 0.6 is 0 Å². The number of halogens is 2. The summed E-state index contributed by atoms with van der Waals surface area (Å²) in [5.74, 6) is -3.04. The van der Waals surface area contributed by atoms with E-state index in [2.05, 4.69) is 0 Å². The van der Waals surface area contributed by atoms with Crippen molar-refractivity contribution in [1.82, 2.24) is 0 Å². The van der Waals surface area contributed by atoms with E-state index in [0.717, 1.165) is 6.92 Å². The number of hydrogen-bond acceptors (Lipinski definition) is 1. The molecule has 1 N–H and O–H groups in total. The lowest BCUT2D eigenvalue weighted by molar-refractivity contribution is -0.0982. The van der Waals surface area contributed by atoms with Gasteiger partial charge in [0.2, 0.25) is 0 Å². The average molecular weight is 186 g/mol. The molecule has 0 aromatic heterocycles. The van der Waals surface area contributed by atoms with Gasteiger partial charge in [0.05, 0.1) is 0 Å². The molecule has 0 saturated carbocycles. The molecule has 0 heterocycles. The van der Waals surface area contributed by atoms with Gasteiger partial charge in [0.15, 0.2) is 0 Å². The fourth-order valence-electron chi connectivity index (χ4n) is 1.02. The summed E-state index contributed by atoms with van der Waals surface area (Å²) in [5, 5.41) is 8.79. The van der Waals surface area contributed by atoms with Crippen molar-refractivity contribution < 1.29 is 13.9 Å². The molecule has 0 saturated heterocycles. The highest BCUT2D eigenvalue weighted by molar-refractivity contribution is 5.16. The van der Waals surface area contributed by atoms with Gasteiger partial charge in [0.25, 0.3) is 5.92 Å². The molecule has 0 aliphatic carbocycles. The lowest BCUT2D eigenvalue weighted by Gasteiger charge is -2.18. The average Bonchev–Trinajstić information content (AvgIpc) is 2.05. The molecule has 1 unspecified atom stereocenters. The summed E-state index contributed by atoms with van der Waals surface area (Å²) >= 11 is 0. The minimum Gasteiger partial charge on any atom is -0.387 e. The van der Waals surface area contributed by atoms with Crippen molar-refractivity contribution in [2.75, 3.05) is 0 Å². The van der Waals surface area contributed by atoms with E-state index < -0.39 is 18.4 Å². The molecule has 13 heavy (non-hydrogen) atoms. The van der Waals surface area contributed by atoms with Crippen molar-refractivity contribution in [1.29, 1.82) is 0 Å². The van der Waals surface area contributed by atoms with E-state index in [-0.39, 0.29) is 0 Å². The molecule has 0 radical (unpaired) electrons. The Morgan fingerprint density at radius 2 is 1.85 bits per heavy atom. The Morgan fingerprint density at radius 1 is 1.31 bits per heavy atom. The Hall–Kier alpha value is -0.960. The van der Waals surface area contributed by atoms with Crippen molar-refractivity contribution in [2.45, 2.75) is 25.4 Å². The van der Waals surface area contributed by atoms with E-state index >= 15 is 0 Å². The van der Waals surface area contributed by atoms with E-state index in [1.54, 1.807) is 30.3 Å². The smallest absolute Gasteiger partial charge is 0.277 e. The Bertz CT molecular complexity index is 257. The number of alkyl halides is 2. The number of aliphatic hydroxyl groups excluding tert-OH is 1. The molecular formula is C10H12F2O. The first-order chi connectivity index (χ1) is 6.02. The van der Waals surface area contributed by atoms with Crippen LogP contribution in [0.15, 0.2) is 30.3 Å². The van der Waals surface area contributed by atoms with Gasteiger partial charge in [-0.3, -0.25) is 0 Å². The standard InChI is InChI=1S/C10H12F2O/c1-8(13)10(11,12)7-9-5-3-2-4-6-9/h2-6,8,13H,7H2,1H3. The fraction of sp³-hybridized carbons (Fsp3) is 0.400. The summed E-state index contributed by atoms with van der Waals surface area (Å²) in [4.78, 5) is 0. The molecule has 1 aromatic carbocycles. The minimum absolute atomic E-state index is 0.411. The Morgan fingerprint density at radius 3 is 2.31 bits per heavy atom. The van der Waals surface area contributed by atoms with Crippen LogP contribution in [-0.2, 0) is 6.42 Å². The van der Waals surface area contributed by atoms with Crippen LogP contribution in [-0.4, -0.2) is 17.1 Å². The Kier molecular flexibility index (Phi) is 2.98. The summed E-state index contributed by atoms with van der Waals surface area (Å²) in [6.07, 6.45) is -2.02. The van der Waals surface area contributed by atoms with Crippen LogP contribution < -0.4 is 0 Å². The second kappa shape index (κ2) is 3.83. The van der Waals surface area contributed by atoms with Crippen LogP contribution in [0.4, 0.5) is 8.78 Å². The first-order valence-corrected chi connectivity index (χ1v) is 4.12. The third-order valence-corrected chi connectivity index (χ3v) is 1.89. The normalized spacial score (nSPS) is 14.2. The van der Waals surface area contributed by atoms with E-state index in [0.29, 0.717) is 5.56 Å². The number of benzene rings is 1. The molecule has 1 nitrogen and oxygen atoms in total. The van der Waals surface area contributed by atoms with Crippen LogP contribution in [0, 0.1) is 0 Å². The van der Waals surface area contributed by atoms with Crippen molar-refractivity contribution in [3.05, 3.63) is 35.9 Å². The zero-order chi connectivity index (χ0) is 9.90. The van der Waals surface area contributed by atoms with Gasteiger partial charge in [-0.1, -0.05) is 30.3 Å². The van der Waals surface area contributed by atoms with Crippen LogP contribution in [0.3, 0.4) is 0 Å². The van der Waals surface area contributed by atoms with Gasteiger partial charge < -0.3 is 5.11 Å². The number of hydrogen-bond donors (Lipinski definition) is 1. The molecule has 0 spiro atoms. The second-order valence-electron chi connectivity index (χ2n) is 3.10. The molecule has 1 rings (SSSR count). The Labute approximate surface area is 76.0 Å². The van der Waals surface area contributed by atoms with Gasteiger partial charge in [-0.2, -0.15) is 0 Å². The largest absolute Gasteiger partial charge is 0.387 e. The predicted octanol–water partition coefficient (Wildman–Crippen LogP) is 2.25. The third-order valence-electron chi connectivity index (χ3n) is 1.89. The van der Waals surface area contributed by atoms with Crippen molar-refractivity contribution >= 4 is 0 Å². The number of aliphatic hydroxyl groups is 1. The van der Waals surface area contributed by atoms with Gasteiger partial charge in [-0.05, 0) is 12.5 Å². The SMILES string of the molecule is CC(O)C(F)(F)Cc1ccccc1. The highest BCUT2D eigenvalue weighted by Crippen LogP contribution is 2.23. The lowest BCUT2D eigenvalue weighted by Crippen LogP contribution is -2.33. The van der Waals surface area contributed by atoms with Gasteiger partial charge in [-0.25, -0.2) is 8.78 Å². The molecule has 0 fully saturated rings. The molecular weight excluding hydrogens is 174 g/mol. The molecule has 1 atom stereocenters. The topological polar surface area (TPSA) is 20.2 Å². The first-order valence-electron chi connectivity index (χ1n) is 4.12. The zero-order valence-electron chi connectivity index (χ0n) is 7.37. The predicted molar refractivity (Wildman–Crippen MR) is 46.8 cm³/mol. The monoisotopic (exact) mass is 186 g/mol. The molecule has 3 heteroatoms. The van der Waals surface area contributed by atoms with Gasteiger partial charge in [-0.15, -0.1) is 0 Å². The van der Waals surface area contributed by atoms with Crippen molar-refractivity contribution in [3.8, 4) is 0 Å². The molecule has 0 bridgehead atoms. The maximum Gasteiger partial charge on any atom is 0.277 e. The zero-order valence-corrected chi connectivity index (χ0v) is 7.37. The molecule has 1 aromatic rings. The highest BCUT2D eigenvalue weighted by atomic mass is 19.3. The van der Waals surface area contributed by atoms with Gasteiger partial charge in [0.1, 0.15) is 6.10 Å².